The van der Waals surface area contributed by atoms with E-state index in [2.05, 4.69) is 4.18 Å². The largest absolute Gasteiger partial charge is 0.523 e. The quantitative estimate of drug-likeness (QED) is 0.524. The summed E-state index contributed by atoms with van der Waals surface area (Å²) in [6.45, 7) is 3.03. The molecule has 0 amide bonds. The van der Waals surface area contributed by atoms with Crippen LogP contribution in [-0.4, -0.2) is 50.9 Å². The molecule has 152 valence electrons. The van der Waals surface area contributed by atoms with E-state index in [1.54, 1.807) is 24.3 Å². The monoisotopic (exact) mass is 412 g/mol. The lowest BCUT2D eigenvalue weighted by atomic mass is 10.1. The highest BCUT2D eigenvalue weighted by Gasteiger charge is 2.59. The van der Waals surface area contributed by atoms with Gasteiger partial charge in [-0.15, -0.1) is 0 Å². The van der Waals surface area contributed by atoms with Gasteiger partial charge in [0.15, 0.2) is 12.1 Å². The molecule has 0 spiro atoms. The Morgan fingerprint density at radius 2 is 1.81 bits per heavy atom. The third kappa shape index (κ3) is 4.61. The van der Waals surface area contributed by atoms with Gasteiger partial charge in [-0.1, -0.05) is 30.3 Å². The number of rotatable bonds is 6. The standard InChI is InChI=1S/C16H19F3O7S/c1-15(2)24-13-12(26-27(20,21)16(17,18)19)11(23-14(13)25-15)9-22-8-10-6-4-3-5-7-10/h3-7,11-14H,8-9H2,1-2H3/t11-,12?,13+,14-/m1/s1. The maximum atomic E-state index is 12.7. The molecule has 27 heavy (non-hydrogen) atoms. The van der Waals surface area contributed by atoms with Crippen LogP contribution in [0.25, 0.3) is 0 Å². The summed E-state index contributed by atoms with van der Waals surface area (Å²) in [6.07, 6.45) is -4.86. The Morgan fingerprint density at radius 1 is 1.15 bits per heavy atom. The molecule has 2 aliphatic rings. The van der Waals surface area contributed by atoms with Gasteiger partial charge in [0.2, 0.25) is 0 Å². The molecule has 0 bridgehead atoms. The molecule has 2 saturated heterocycles. The summed E-state index contributed by atoms with van der Waals surface area (Å²) in [5, 5.41) is 0. The first kappa shape index (κ1) is 20.5. The number of hydrogen-bond acceptors (Lipinski definition) is 7. The van der Waals surface area contributed by atoms with Gasteiger partial charge in [0.25, 0.3) is 0 Å². The average molecular weight is 412 g/mol. The van der Waals surface area contributed by atoms with Crippen molar-refractivity contribution < 1.29 is 44.7 Å². The minimum absolute atomic E-state index is 0.169. The van der Waals surface area contributed by atoms with Gasteiger partial charge >= 0.3 is 15.6 Å². The Balaban J connectivity index is 1.70. The molecule has 0 aromatic heterocycles. The highest BCUT2D eigenvalue weighted by atomic mass is 32.2. The van der Waals surface area contributed by atoms with Crippen LogP contribution < -0.4 is 0 Å². The SMILES string of the molecule is CC1(C)O[C@H]2O[C@H](COCc3ccccc3)C(OS(=O)(=O)C(F)(F)F)[C@@H]2O1. The normalized spacial score (nSPS) is 30.4. The summed E-state index contributed by atoms with van der Waals surface area (Å²) in [5.74, 6) is -1.14. The van der Waals surface area contributed by atoms with Gasteiger partial charge in [-0.2, -0.15) is 21.6 Å². The fourth-order valence-electron chi connectivity index (χ4n) is 2.87. The first-order valence-electron chi connectivity index (χ1n) is 8.11. The first-order chi connectivity index (χ1) is 12.5. The van der Waals surface area contributed by atoms with Crippen LogP contribution in [0.4, 0.5) is 13.2 Å². The van der Waals surface area contributed by atoms with Crippen molar-refractivity contribution in [3.8, 4) is 0 Å². The zero-order chi connectivity index (χ0) is 19.9. The molecule has 1 aromatic rings. The lowest BCUT2D eigenvalue weighted by Crippen LogP contribution is -2.42. The van der Waals surface area contributed by atoms with Gasteiger partial charge in [-0.25, -0.2) is 0 Å². The second-order valence-corrected chi connectivity index (χ2v) is 8.17. The minimum Gasteiger partial charge on any atom is -0.374 e. The van der Waals surface area contributed by atoms with Crippen LogP contribution in [0.3, 0.4) is 0 Å². The zero-order valence-electron chi connectivity index (χ0n) is 14.5. The first-order valence-corrected chi connectivity index (χ1v) is 9.52. The molecule has 7 nitrogen and oxygen atoms in total. The van der Waals surface area contributed by atoms with Gasteiger partial charge in [-0.3, -0.25) is 4.18 Å². The van der Waals surface area contributed by atoms with Crippen molar-refractivity contribution in [2.75, 3.05) is 6.61 Å². The maximum Gasteiger partial charge on any atom is 0.523 e. The zero-order valence-corrected chi connectivity index (χ0v) is 15.3. The molecule has 4 atom stereocenters. The van der Waals surface area contributed by atoms with Crippen molar-refractivity contribution >= 4 is 10.1 Å². The van der Waals surface area contributed by atoms with Crippen LogP contribution in [0.15, 0.2) is 30.3 Å². The van der Waals surface area contributed by atoms with E-state index in [0.29, 0.717) is 0 Å². The Bertz CT molecular complexity index is 751. The van der Waals surface area contributed by atoms with E-state index < -0.39 is 46.0 Å². The number of alkyl halides is 3. The topological polar surface area (TPSA) is 80.3 Å². The number of ether oxygens (including phenoxy) is 4. The van der Waals surface area contributed by atoms with Gasteiger partial charge in [0.1, 0.15) is 18.3 Å². The minimum atomic E-state index is -5.84. The second kappa shape index (κ2) is 7.30. The number of hydrogen-bond donors (Lipinski definition) is 0. The van der Waals surface area contributed by atoms with Crippen molar-refractivity contribution in [2.24, 2.45) is 0 Å². The Hall–Kier alpha value is -1.24. The summed E-state index contributed by atoms with van der Waals surface area (Å²) in [6, 6.07) is 9.05. The van der Waals surface area contributed by atoms with Gasteiger partial charge in [0, 0.05) is 0 Å². The molecule has 0 radical (unpaired) electrons. The summed E-state index contributed by atoms with van der Waals surface area (Å²) in [7, 11) is -5.84. The molecule has 2 heterocycles. The molecule has 11 heteroatoms. The Morgan fingerprint density at radius 3 is 2.44 bits per heavy atom. The highest BCUT2D eigenvalue weighted by molar-refractivity contribution is 7.87. The summed E-state index contributed by atoms with van der Waals surface area (Å²) < 4.78 is 87.4. The van der Waals surface area contributed by atoms with Crippen LogP contribution in [0.5, 0.6) is 0 Å². The fraction of sp³-hybridized carbons (Fsp3) is 0.625. The Labute approximate surface area is 154 Å². The molecule has 2 aliphatic heterocycles. The van der Waals surface area contributed by atoms with Gasteiger partial charge < -0.3 is 18.9 Å². The van der Waals surface area contributed by atoms with Gasteiger partial charge in [0.05, 0.1) is 13.2 Å². The van der Waals surface area contributed by atoms with Crippen LogP contribution >= 0.6 is 0 Å². The van der Waals surface area contributed by atoms with E-state index >= 15 is 0 Å². The third-order valence-corrected chi connectivity index (χ3v) is 5.04. The number of halogens is 3. The smallest absolute Gasteiger partial charge is 0.374 e. The molecular weight excluding hydrogens is 393 g/mol. The van der Waals surface area contributed by atoms with E-state index in [1.807, 2.05) is 6.07 Å². The van der Waals surface area contributed by atoms with E-state index in [0.717, 1.165) is 5.56 Å². The molecule has 1 unspecified atom stereocenters. The lowest BCUT2D eigenvalue weighted by molar-refractivity contribution is -0.219. The van der Waals surface area contributed by atoms with Crippen molar-refractivity contribution in [2.45, 2.75) is 56.4 Å². The number of benzene rings is 1. The van der Waals surface area contributed by atoms with E-state index in [9.17, 15) is 21.6 Å². The van der Waals surface area contributed by atoms with Crippen molar-refractivity contribution in [3.63, 3.8) is 0 Å². The van der Waals surface area contributed by atoms with Crippen molar-refractivity contribution in [1.82, 2.24) is 0 Å². The fourth-order valence-corrected chi connectivity index (χ4v) is 3.50. The van der Waals surface area contributed by atoms with E-state index in [1.165, 1.54) is 13.8 Å². The van der Waals surface area contributed by atoms with E-state index in [4.69, 9.17) is 18.9 Å². The highest BCUT2D eigenvalue weighted by Crippen LogP contribution is 2.40. The lowest BCUT2D eigenvalue weighted by Gasteiger charge is -2.25. The van der Waals surface area contributed by atoms with Crippen LogP contribution in [0.1, 0.15) is 19.4 Å². The molecule has 0 N–H and O–H groups in total. The van der Waals surface area contributed by atoms with Crippen molar-refractivity contribution in [3.05, 3.63) is 35.9 Å². The molecule has 2 fully saturated rings. The maximum absolute atomic E-state index is 12.7. The molecule has 0 aliphatic carbocycles. The third-order valence-electron chi connectivity index (χ3n) is 4.00. The van der Waals surface area contributed by atoms with Gasteiger partial charge in [-0.05, 0) is 19.4 Å². The van der Waals surface area contributed by atoms with Crippen molar-refractivity contribution in [1.29, 1.82) is 0 Å². The van der Waals surface area contributed by atoms with E-state index in [-0.39, 0.29) is 13.2 Å². The number of fused-ring (bicyclic) bond motifs is 1. The average Bonchev–Trinajstić information content (AvgIpc) is 3.00. The van der Waals surface area contributed by atoms with Crippen LogP contribution in [0.2, 0.25) is 0 Å². The Kier molecular flexibility index (Phi) is 5.54. The predicted octanol–water partition coefficient (Wildman–Crippen LogP) is 2.31. The molecular formula is C16H19F3O7S. The molecule has 1 aromatic carbocycles. The second-order valence-electron chi connectivity index (χ2n) is 6.60. The summed E-state index contributed by atoms with van der Waals surface area (Å²) in [5.41, 5.74) is -4.72. The predicted molar refractivity (Wildman–Crippen MR) is 84.6 cm³/mol. The summed E-state index contributed by atoms with van der Waals surface area (Å²) >= 11 is 0. The van der Waals surface area contributed by atoms with Crippen LogP contribution in [-0.2, 0) is 39.9 Å². The van der Waals surface area contributed by atoms with Crippen LogP contribution in [0, 0.1) is 0 Å². The molecule has 3 rings (SSSR count). The molecule has 0 saturated carbocycles. The summed E-state index contributed by atoms with van der Waals surface area (Å²) in [4.78, 5) is 0.